The summed E-state index contributed by atoms with van der Waals surface area (Å²) in [6.45, 7) is 7.10. The van der Waals surface area contributed by atoms with Crippen molar-refractivity contribution in [3.05, 3.63) is 29.3 Å². The highest BCUT2D eigenvalue weighted by Crippen LogP contribution is 2.30. The molecule has 2 atom stereocenters. The van der Waals surface area contributed by atoms with Crippen molar-refractivity contribution in [2.24, 2.45) is 0 Å². The van der Waals surface area contributed by atoms with Crippen LogP contribution in [0.25, 0.3) is 0 Å². The number of ether oxygens (including phenoxy) is 2. The Morgan fingerprint density at radius 2 is 2.29 bits per heavy atom. The lowest BCUT2D eigenvalue weighted by Gasteiger charge is -2.37. The topological polar surface area (TPSA) is 33.7 Å². The predicted octanol–water partition coefficient (Wildman–Crippen LogP) is 1.99. The van der Waals surface area contributed by atoms with Crippen LogP contribution in [0.2, 0.25) is 0 Å². The largest absolute Gasteiger partial charge is 0.493 e. The summed E-state index contributed by atoms with van der Waals surface area (Å²) in [5, 5.41) is 3.45. The first-order valence-electron chi connectivity index (χ1n) is 8.08. The second kappa shape index (κ2) is 6.77. The second-order valence-electron chi connectivity index (χ2n) is 5.94. The summed E-state index contributed by atoms with van der Waals surface area (Å²) in [6, 6.07) is 6.81. The lowest BCUT2D eigenvalue weighted by Crippen LogP contribution is -2.47. The zero-order valence-electron chi connectivity index (χ0n) is 13.1. The van der Waals surface area contributed by atoms with Crippen molar-refractivity contribution in [2.45, 2.75) is 31.9 Å². The zero-order chi connectivity index (χ0) is 14.7. The first-order chi connectivity index (χ1) is 10.3. The number of hydrogen-bond acceptors (Lipinski definition) is 4. The van der Waals surface area contributed by atoms with Crippen LogP contribution in [0.1, 0.15) is 30.5 Å². The third-order valence-corrected chi connectivity index (χ3v) is 4.47. The Morgan fingerprint density at radius 3 is 3.10 bits per heavy atom. The molecule has 1 fully saturated rings. The average molecular weight is 290 g/mol. The molecule has 0 radical (unpaired) electrons. The molecule has 1 aromatic rings. The number of nitrogens with one attached hydrogen (secondary N) is 1. The molecule has 4 nitrogen and oxygen atoms in total. The van der Waals surface area contributed by atoms with Gasteiger partial charge in [0.1, 0.15) is 5.75 Å². The fourth-order valence-corrected chi connectivity index (χ4v) is 3.42. The zero-order valence-corrected chi connectivity index (χ0v) is 13.1. The van der Waals surface area contributed by atoms with E-state index in [1.807, 2.05) is 7.05 Å². The Hall–Kier alpha value is -1.10. The lowest BCUT2D eigenvalue weighted by molar-refractivity contribution is -0.0459. The summed E-state index contributed by atoms with van der Waals surface area (Å²) < 4.78 is 11.6. The van der Waals surface area contributed by atoms with Gasteiger partial charge >= 0.3 is 0 Å². The van der Waals surface area contributed by atoms with Crippen LogP contribution in [0.15, 0.2) is 18.2 Å². The van der Waals surface area contributed by atoms with Crippen molar-refractivity contribution < 1.29 is 9.47 Å². The summed E-state index contributed by atoms with van der Waals surface area (Å²) in [5.41, 5.74) is 2.64. The highest BCUT2D eigenvalue weighted by atomic mass is 16.5. The van der Waals surface area contributed by atoms with Crippen molar-refractivity contribution in [1.29, 1.82) is 0 Å². The Bertz CT molecular complexity index is 476. The van der Waals surface area contributed by atoms with E-state index in [1.54, 1.807) is 0 Å². The molecule has 1 aromatic carbocycles. The number of morpholine rings is 1. The molecule has 2 aliphatic heterocycles. The first-order valence-corrected chi connectivity index (χ1v) is 8.08. The Balaban J connectivity index is 1.75. The van der Waals surface area contributed by atoms with E-state index in [0.717, 1.165) is 45.0 Å². The summed E-state index contributed by atoms with van der Waals surface area (Å²) >= 11 is 0. The van der Waals surface area contributed by atoms with Crippen LogP contribution in [0.4, 0.5) is 0 Å². The smallest absolute Gasteiger partial charge is 0.122 e. The summed E-state index contributed by atoms with van der Waals surface area (Å²) in [6.07, 6.45) is 2.44. The third-order valence-electron chi connectivity index (χ3n) is 4.47. The van der Waals surface area contributed by atoms with E-state index in [4.69, 9.17) is 9.47 Å². The van der Waals surface area contributed by atoms with Gasteiger partial charge in [0.15, 0.2) is 0 Å². The maximum absolute atomic E-state index is 6.05. The van der Waals surface area contributed by atoms with Crippen LogP contribution >= 0.6 is 0 Å². The molecular weight excluding hydrogens is 264 g/mol. The van der Waals surface area contributed by atoms with Gasteiger partial charge in [-0.3, -0.25) is 4.90 Å². The molecule has 4 heteroatoms. The molecule has 3 rings (SSSR count). The van der Waals surface area contributed by atoms with Gasteiger partial charge in [0.2, 0.25) is 0 Å². The molecule has 116 valence electrons. The van der Waals surface area contributed by atoms with Gasteiger partial charge in [0.05, 0.1) is 25.4 Å². The number of benzene rings is 1. The fourth-order valence-electron chi connectivity index (χ4n) is 3.42. The molecule has 0 aromatic heterocycles. The SMILES string of the molecule is CCCN1CCOC(C(NC)c2ccc3c(c2)CCO3)C1. The van der Waals surface area contributed by atoms with E-state index in [-0.39, 0.29) is 12.1 Å². The van der Waals surface area contributed by atoms with E-state index < -0.39 is 0 Å². The second-order valence-corrected chi connectivity index (χ2v) is 5.94. The maximum atomic E-state index is 6.05. The minimum Gasteiger partial charge on any atom is -0.493 e. The Morgan fingerprint density at radius 1 is 1.38 bits per heavy atom. The maximum Gasteiger partial charge on any atom is 0.122 e. The minimum atomic E-state index is 0.218. The van der Waals surface area contributed by atoms with Crippen LogP contribution in [-0.4, -0.2) is 50.9 Å². The third kappa shape index (κ3) is 3.23. The van der Waals surface area contributed by atoms with Gasteiger partial charge in [-0.05, 0) is 37.2 Å². The van der Waals surface area contributed by atoms with E-state index in [9.17, 15) is 0 Å². The molecule has 2 unspecified atom stereocenters. The van der Waals surface area contributed by atoms with Gasteiger partial charge in [0, 0.05) is 19.5 Å². The quantitative estimate of drug-likeness (QED) is 0.899. The van der Waals surface area contributed by atoms with Gasteiger partial charge in [-0.2, -0.15) is 0 Å². The molecular formula is C17H26N2O2. The van der Waals surface area contributed by atoms with Crippen LogP contribution in [-0.2, 0) is 11.2 Å². The summed E-state index contributed by atoms with van der Waals surface area (Å²) in [5.74, 6) is 1.05. The van der Waals surface area contributed by atoms with Crippen molar-refractivity contribution in [2.75, 3.05) is 39.9 Å². The lowest BCUT2D eigenvalue weighted by atomic mass is 9.97. The fraction of sp³-hybridized carbons (Fsp3) is 0.647. The number of likely N-dealkylation sites (N-methyl/N-ethyl adjacent to an activating group) is 1. The molecule has 0 spiro atoms. The Kier molecular flexibility index (Phi) is 4.78. The predicted molar refractivity (Wildman–Crippen MR) is 83.9 cm³/mol. The van der Waals surface area contributed by atoms with Gasteiger partial charge in [-0.1, -0.05) is 19.1 Å². The van der Waals surface area contributed by atoms with Crippen molar-refractivity contribution >= 4 is 0 Å². The van der Waals surface area contributed by atoms with Crippen molar-refractivity contribution in [3.63, 3.8) is 0 Å². The standard InChI is InChI=1S/C17H26N2O2/c1-3-7-19-8-10-21-16(12-19)17(18-2)14-4-5-15-13(11-14)6-9-20-15/h4-5,11,16-18H,3,6-10,12H2,1-2H3. The van der Waals surface area contributed by atoms with E-state index in [2.05, 4.69) is 35.3 Å². The molecule has 1 N–H and O–H groups in total. The van der Waals surface area contributed by atoms with Crippen LogP contribution in [0.5, 0.6) is 5.75 Å². The summed E-state index contributed by atoms with van der Waals surface area (Å²) in [4.78, 5) is 2.51. The van der Waals surface area contributed by atoms with Gasteiger partial charge in [-0.25, -0.2) is 0 Å². The molecule has 0 aliphatic carbocycles. The molecule has 0 bridgehead atoms. The Labute approximate surface area is 127 Å². The molecule has 0 amide bonds. The molecule has 1 saturated heterocycles. The van der Waals surface area contributed by atoms with Gasteiger partial charge < -0.3 is 14.8 Å². The van der Waals surface area contributed by atoms with Crippen LogP contribution in [0.3, 0.4) is 0 Å². The van der Waals surface area contributed by atoms with Crippen molar-refractivity contribution in [3.8, 4) is 5.75 Å². The van der Waals surface area contributed by atoms with E-state index >= 15 is 0 Å². The number of fused-ring (bicyclic) bond motifs is 1. The van der Waals surface area contributed by atoms with Crippen molar-refractivity contribution in [1.82, 2.24) is 10.2 Å². The van der Waals surface area contributed by atoms with Gasteiger partial charge in [-0.15, -0.1) is 0 Å². The molecule has 21 heavy (non-hydrogen) atoms. The van der Waals surface area contributed by atoms with Crippen LogP contribution in [0, 0.1) is 0 Å². The molecule has 2 heterocycles. The first kappa shape index (κ1) is 14.8. The van der Waals surface area contributed by atoms with Gasteiger partial charge in [0.25, 0.3) is 0 Å². The number of nitrogens with zero attached hydrogens (tertiary/aromatic N) is 1. The highest BCUT2D eigenvalue weighted by molar-refractivity contribution is 5.41. The highest BCUT2D eigenvalue weighted by Gasteiger charge is 2.28. The molecule has 2 aliphatic rings. The number of rotatable bonds is 5. The van der Waals surface area contributed by atoms with Crippen LogP contribution < -0.4 is 10.1 Å². The monoisotopic (exact) mass is 290 g/mol. The van der Waals surface area contributed by atoms with E-state index in [1.165, 1.54) is 17.5 Å². The van der Waals surface area contributed by atoms with E-state index in [0.29, 0.717) is 0 Å². The normalized spacial score (nSPS) is 23.6. The summed E-state index contributed by atoms with van der Waals surface area (Å²) in [7, 11) is 2.02. The minimum absolute atomic E-state index is 0.218. The average Bonchev–Trinajstić information content (AvgIpc) is 2.96. The number of hydrogen-bond donors (Lipinski definition) is 1. The molecule has 0 saturated carbocycles.